The Labute approximate surface area is 109 Å². The van der Waals surface area contributed by atoms with Crippen LogP contribution in [0.2, 0.25) is 0 Å². The van der Waals surface area contributed by atoms with Gasteiger partial charge in [-0.05, 0) is 19.1 Å². The Hall–Kier alpha value is -2.55. The molecule has 5 nitrogen and oxygen atoms in total. The van der Waals surface area contributed by atoms with Gasteiger partial charge in [-0.3, -0.25) is 0 Å². The first-order valence-corrected chi connectivity index (χ1v) is 5.48. The number of aromatic carboxylic acids is 1. The van der Waals surface area contributed by atoms with E-state index < -0.39 is 23.4 Å². The molecular weight excluding hydrogens is 251 g/mol. The molecule has 0 spiro atoms. The van der Waals surface area contributed by atoms with Crippen LogP contribution in [0.1, 0.15) is 23.7 Å². The first-order chi connectivity index (χ1) is 8.95. The summed E-state index contributed by atoms with van der Waals surface area (Å²) < 4.78 is 13.4. The van der Waals surface area contributed by atoms with Crippen LogP contribution in [0.15, 0.2) is 18.2 Å². The third-order valence-corrected chi connectivity index (χ3v) is 2.28. The van der Waals surface area contributed by atoms with Gasteiger partial charge in [-0.1, -0.05) is 6.07 Å². The summed E-state index contributed by atoms with van der Waals surface area (Å²) in [5.41, 5.74) is -0.694. The minimum absolute atomic E-state index is 0.113. The first-order valence-electron chi connectivity index (χ1n) is 5.48. The van der Waals surface area contributed by atoms with E-state index >= 15 is 0 Å². The van der Waals surface area contributed by atoms with Gasteiger partial charge in [0, 0.05) is 12.5 Å². The molecule has 0 bridgehead atoms. The molecule has 0 aliphatic carbocycles. The lowest BCUT2D eigenvalue weighted by molar-refractivity contribution is 0.0693. The Morgan fingerprint density at radius 2 is 2.21 bits per heavy atom. The number of halogens is 1. The molecule has 6 heteroatoms. The van der Waals surface area contributed by atoms with E-state index in [1.165, 1.54) is 12.1 Å². The Morgan fingerprint density at radius 1 is 1.53 bits per heavy atom. The highest BCUT2D eigenvalue weighted by Gasteiger charge is 2.17. The van der Waals surface area contributed by atoms with Crippen molar-refractivity contribution in [2.45, 2.75) is 19.4 Å². The zero-order valence-corrected chi connectivity index (χ0v) is 10.2. The second kappa shape index (κ2) is 6.40. The SMILES string of the molecule is C#CCC(C)NC(=O)Nc1cccc(F)c1C(=O)O. The molecule has 0 aromatic heterocycles. The number of anilines is 1. The number of amides is 2. The van der Waals surface area contributed by atoms with Crippen LogP contribution in [0.25, 0.3) is 0 Å². The fourth-order valence-corrected chi connectivity index (χ4v) is 1.46. The van der Waals surface area contributed by atoms with Gasteiger partial charge in [-0.2, -0.15) is 0 Å². The normalized spacial score (nSPS) is 11.2. The Bertz CT molecular complexity index is 537. The summed E-state index contributed by atoms with van der Waals surface area (Å²) in [6, 6.07) is 2.70. The number of carbonyl (C=O) groups is 2. The van der Waals surface area contributed by atoms with E-state index in [1.807, 2.05) is 0 Å². The lowest BCUT2D eigenvalue weighted by atomic mass is 10.1. The molecule has 19 heavy (non-hydrogen) atoms. The minimum Gasteiger partial charge on any atom is -0.478 e. The zero-order valence-electron chi connectivity index (χ0n) is 10.2. The van der Waals surface area contributed by atoms with Crippen molar-refractivity contribution in [3.8, 4) is 12.3 Å². The Morgan fingerprint density at radius 3 is 2.79 bits per heavy atom. The summed E-state index contributed by atoms with van der Waals surface area (Å²) in [6.07, 6.45) is 5.43. The van der Waals surface area contributed by atoms with Gasteiger partial charge < -0.3 is 15.7 Å². The number of hydrogen-bond acceptors (Lipinski definition) is 2. The van der Waals surface area contributed by atoms with E-state index in [2.05, 4.69) is 16.6 Å². The maximum atomic E-state index is 13.4. The van der Waals surface area contributed by atoms with Gasteiger partial charge in [0.15, 0.2) is 0 Å². The third-order valence-electron chi connectivity index (χ3n) is 2.28. The van der Waals surface area contributed by atoms with E-state index in [9.17, 15) is 14.0 Å². The fourth-order valence-electron chi connectivity index (χ4n) is 1.46. The average molecular weight is 264 g/mol. The van der Waals surface area contributed by atoms with Gasteiger partial charge in [0.25, 0.3) is 0 Å². The lowest BCUT2D eigenvalue weighted by Crippen LogP contribution is -2.36. The van der Waals surface area contributed by atoms with Crippen LogP contribution in [0.3, 0.4) is 0 Å². The maximum Gasteiger partial charge on any atom is 0.340 e. The summed E-state index contributed by atoms with van der Waals surface area (Å²) in [6.45, 7) is 1.70. The van der Waals surface area contributed by atoms with Gasteiger partial charge >= 0.3 is 12.0 Å². The van der Waals surface area contributed by atoms with E-state index in [0.717, 1.165) is 6.07 Å². The van der Waals surface area contributed by atoms with Gasteiger partial charge in [0.05, 0.1) is 5.69 Å². The maximum absolute atomic E-state index is 13.4. The molecule has 0 aliphatic heterocycles. The monoisotopic (exact) mass is 264 g/mol. The topological polar surface area (TPSA) is 78.4 Å². The average Bonchev–Trinajstić information content (AvgIpc) is 2.28. The van der Waals surface area contributed by atoms with E-state index in [4.69, 9.17) is 11.5 Å². The molecule has 0 saturated carbocycles. The van der Waals surface area contributed by atoms with Crippen molar-refractivity contribution in [3.05, 3.63) is 29.6 Å². The van der Waals surface area contributed by atoms with Crippen molar-refractivity contribution in [3.63, 3.8) is 0 Å². The second-order valence-electron chi connectivity index (χ2n) is 3.88. The molecule has 0 fully saturated rings. The molecule has 0 saturated heterocycles. The molecule has 100 valence electrons. The second-order valence-corrected chi connectivity index (χ2v) is 3.88. The predicted octanol–water partition coefficient (Wildman–Crippen LogP) is 2.06. The standard InChI is InChI=1S/C13H13FN2O3/c1-3-5-8(2)15-13(19)16-10-7-4-6-9(14)11(10)12(17)18/h1,4,6-8H,5H2,2H3,(H,17,18)(H2,15,16,19). The number of benzene rings is 1. The van der Waals surface area contributed by atoms with Gasteiger partial charge in [-0.25, -0.2) is 14.0 Å². The summed E-state index contributed by atoms with van der Waals surface area (Å²) in [5, 5.41) is 13.7. The van der Waals surface area contributed by atoms with Gasteiger partial charge in [-0.15, -0.1) is 12.3 Å². The Kier molecular flexibility index (Phi) is 4.89. The van der Waals surface area contributed by atoms with Crippen molar-refractivity contribution >= 4 is 17.7 Å². The van der Waals surface area contributed by atoms with E-state index in [-0.39, 0.29) is 11.7 Å². The zero-order chi connectivity index (χ0) is 14.4. The molecule has 0 aliphatic rings. The van der Waals surface area contributed by atoms with Crippen molar-refractivity contribution in [2.24, 2.45) is 0 Å². The molecule has 3 N–H and O–H groups in total. The van der Waals surface area contributed by atoms with E-state index in [0.29, 0.717) is 6.42 Å². The van der Waals surface area contributed by atoms with Crippen LogP contribution in [-0.2, 0) is 0 Å². The lowest BCUT2D eigenvalue weighted by Gasteiger charge is -2.13. The van der Waals surface area contributed by atoms with Crippen LogP contribution < -0.4 is 10.6 Å². The fraction of sp³-hybridized carbons (Fsp3) is 0.231. The molecule has 1 aromatic rings. The number of nitrogens with one attached hydrogen (secondary N) is 2. The summed E-state index contributed by atoms with van der Waals surface area (Å²) in [5.74, 6) is 0.0103. The van der Waals surface area contributed by atoms with Crippen molar-refractivity contribution in [1.82, 2.24) is 5.32 Å². The molecule has 1 atom stereocenters. The number of rotatable bonds is 4. The Balaban J connectivity index is 2.83. The molecule has 2 amide bonds. The molecule has 1 unspecified atom stereocenters. The van der Waals surface area contributed by atoms with Gasteiger partial charge in [0.2, 0.25) is 0 Å². The number of carboxylic acids is 1. The number of terminal acetylenes is 1. The van der Waals surface area contributed by atoms with Crippen LogP contribution in [-0.4, -0.2) is 23.1 Å². The summed E-state index contributed by atoms with van der Waals surface area (Å²) >= 11 is 0. The molecule has 0 heterocycles. The van der Waals surface area contributed by atoms with Crippen molar-refractivity contribution < 1.29 is 19.1 Å². The van der Waals surface area contributed by atoms with E-state index in [1.54, 1.807) is 6.92 Å². The van der Waals surface area contributed by atoms with Crippen LogP contribution in [0.5, 0.6) is 0 Å². The van der Waals surface area contributed by atoms with Crippen LogP contribution >= 0.6 is 0 Å². The van der Waals surface area contributed by atoms with Crippen LogP contribution in [0.4, 0.5) is 14.9 Å². The smallest absolute Gasteiger partial charge is 0.340 e. The largest absolute Gasteiger partial charge is 0.478 e. The highest BCUT2D eigenvalue weighted by molar-refractivity contribution is 6.00. The van der Waals surface area contributed by atoms with Gasteiger partial charge in [0.1, 0.15) is 11.4 Å². The van der Waals surface area contributed by atoms with Crippen molar-refractivity contribution in [2.75, 3.05) is 5.32 Å². The number of carbonyl (C=O) groups excluding carboxylic acids is 1. The third kappa shape index (κ3) is 4.00. The number of urea groups is 1. The minimum atomic E-state index is -1.45. The molecule has 0 radical (unpaired) electrons. The highest BCUT2D eigenvalue weighted by atomic mass is 19.1. The molecule has 1 aromatic carbocycles. The van der Waals surface area contributed by atoms with Crippen molar-refractivity contribution in [1.29, 1.82) is 0 Å². The summed E-state index contributed by atoms with van der Waals surface area (Å²) in [4.78, 5) is 22.5. The van der Waals surface area contributed by atoms with Crippen LogP contribution in [0, 0.1) is 18.2 Å². The molecule has 1 rings (SSSR count). The quantitative estimate of drug-likeness (QED) is 0.728. The predicted molar refractivity (Wildman–Crippen MR) is 68.4 cm³/mol. The number of hydrogen-bond donors (Lipinski definition) is 3. The molecular formula is C13H13FN2O3. The first kappa shape index (κ1) is 14.5. The highest BCUT2D eigenvalue weighted by Crippen LogP contribution is 2.18. The number of carboxylic acid groups (broad SMARTS) is 1. The summed E-state index contributed by atoms with van der Waals surface area (Å²) in [7, 11) is 0.